The number of hydrogen-bond donors (Lipinski definition) is 2. The topological polar surface area (TPSA) is 104 Å². The van der Waals surface area contributed by atoms with E-state index in [4.69, 9.17) is 18.4 Å². The van der Waals surface area contributed by atoms with Gasteiger partial charge in [-0.2, -0.15) is 5.48 Å². The van der Waals surface area contributed by atoms with E-state index in [1.54, 1.807) is 0 Å². The maximum absolute atomic E-state index is 12.9. The first-order valence-electron chi connectivity index (χ1n) is 14.6. The van der Waals surface area contributed by atoms with Crippen LogP contribution >= 0.6 is 0 Å². The highest BCUT2D eigenvalue weighted by atomic mass is 28.4. The van der Waals surface area contributed by atoms with Crippen LogP contribution in [-0.2, 0) is 25.0 Å². The summed E-state index contributed by atoms with van der Waals surface area (Å²) in [5.41, 5.74) is 3.00. The number of aromatic amines is 1. The molecule has 0 spiro atoms. The molecule has 232 valence electrons. The van der Waals surface area contributed by atoms with Crippen molar-refractivity contribution in [3.05, 3.63) is 68.5 Å². The van der Waals surface area contributed by atoms with Crippen molar-refractivity contribution in [1.82, 2.24) is 15.0 Å². The Morgan fingerprint density at radius 3 is 2.29 bits per heavy atom. The molecule has 0 aliphatic carbocycles. The van der Waals surface area contributed by atoms with Crippen LogP contribution in [0.5, 0.6) is 0 Å². The second-order valence-electron chi connectivity index (χ2n) is 14.0. The van der Waals surface area contributed by atoms with E-state index >= 15 is 0 Å². The van der Waals surface area contributed by atoms with Gasteiger partial charge < -0.3 is 13.6 Å². The summed E-state index contributed by atoms with van der Waals surface area (Å²) in [6.45, 7) is 23.0. The van der Waals surface area contributed by atoms with Crippen molar-refractivity contribution in [3.63, 3.8) is 0 Å². The number of nitrogens with one attached hydrogen (secondary N) is 2. The summed E-state index contributed by atoms with van der Waals surface area (Å²) in [6, 6.07) is 9.84. The van der Waals surface area contributed by atoms with E-state index in [1.165, 1.54) is 10.8 Å². The summed E-state index contributed by atoms with van der Waals surface area (Å²) in [6.07, 6.45) is 0.704. The molecule has 1 aromatic carbocycles. The zero-order valence-electron chi connectivity index (χ0n) is 26.9. The number of hydroxylamine groups is 1. The van der Waals surface area contributed by atoms with Gasteiger partial charge in [0.25, 0.3) is 5.56 Å². The molecule has 2 N–H and O–H groups in total. The van der Waals surface area contributed by atoms with Gasteiger partial charge in [-0.3, -0.25) is 19.2 Å². The number of nitrogens with zero attached hydrogens (tertiary/aromatic N) is 1. The summed E-state index contributed by atoms with van der Waals surface area (Å²) in [5.74, 6) is 5.66. The second-order valence-corrected chi connectivity index (χ2v) is 23.5. The molecule has 9 nitrogen and oxygen atoms in total. The quantitative estimate of drug-likeness (QED) is 0.162. The van der Waals surface area contributed by atoms with Crippen LogP contribution in [0.15, 0.2) is 46.1 Å². The van der Waals surface area contributed by atoms with Gasteiger partial charge in [-0.1, -0.05) is 83.7 Å². The van der Waals surface area contributed by atoms with Crippen LogP contribution in [-0.4, -0.2) is 51.6 Å². The van der Waals surface area contributed by atoms with E-state index in [0.29, 0.717) is 19.6 Å². The van der Waals surface area contributed by atoms with E-state index in [1.807, 2.05) is 30.3 Å². The first-order chi connectivity index (χ1) is 19.4. The molecule has 2 heterocycles. The van der Waals surface area contributed by atoms with Gasteiger partial charge in [0.15, 0.2) is 16.6 Å². The van der Waals surface area contributed by atoms with E-state index in [9.17, 15) is 9.59 Å². The van der Waals surface area contributed by atoms with Gasteiger partial charge in [0.2, 0.25) is 0 Å². The monoisotopic (exact) mass is 615 g/mol. The molecule has 1 saturated heterocycles. The minimum absolute atomic E-state index is 0.00548. The van der Waals surface area contributed by atoms with Gasteiger partial charge in [0, 0.05) is 19.2 Å². The molecule has 2 aromatic rings. The fourth-order valence-electron chi connectivity index (χ4n) is 3.94. The first-order valence-corrected chi connectivity index (χ1v) is 20.4. The van der Waals surface area contributed by atoms with Gasteiger partial charge in [0.1, 0.15) is 24.5 Å². The molecule has 1 aromatic heterocycles. The summed E-state index contributed by atoms with van der Waals surface area (Å²) in [4.78, 5) is 33.2. The molecule has 42 heavy (non-hydrogen) atoms. The van der Waals surface area contributed by atoms with Crippen LogP contribution in [0.25, 0.3) is 0 Å². The normalized spacial score (nSPS) is 19.9. The third-order valence-electron chi connectivity index (χ3n) is 8.71. The number of rotatable bonds is 10. The first kappa shape index (κ1) is 34.2. The minimum atomic E-state index is -2.15. The van der Waals surface area contributed by atoms with Crippen molar-refractivity contribution >= 4 is 16.6 Å². The number of benzene rings is 1. The Kier molecular flexibility index (Phi) is 11.0. The number of H-pyrrole nitrogens is 1. The highest BCUT2D eigenvalue weighted by Crippen LogP contribution is 2.42. The van der Waals surface area contributed by atoms with Crippen molar-refractivity contribution in [1.29, 1.82) is 0 Å². The Bertz CT molecular complexity index is 1360. The van der Waals surface area contributed by atoms with E-state index in [2.05, 4.69) is 90.0 Å². The zero-order chi connectivity index (χ0) is 31.3. The van der Waals surface area contributed by atoms with Gasteiger partial charge >= 0.3 is 5.69 Å². The standard InChI is InChI=1S/C31H49N3O6Si2/c1-30(2,3)41(7,8)38-22-26-25(40-42(9,10)31(4,5)6)19-27(39-26)34-21-24(28(35)33-29(34)36)17-14-18-37-32-20-23-15-12-11-13-16-23/h11-13,15-16,21,25-27,32H,18-20,22H2,1-10H3,(H,33,35,36)/t25?,26-,27-/m1/s1. The number of hydrogen-bond acceptors (Lipinski definition) is 7. The van der Waals surface area contributed by atoms with Gasteiger partial charge in [-0.05, 0) is 41.8 Å². The Morgan fingerprint density at radius 2 is 1.67 bits per heavy atom. The van der Waals surface area contributed by atoms with Gasteiger partial charge in [-0.25, -0.2) is 4.79 Å². The third-order valence-corrected chi connectivity index (χ3v) is 17.7. The maximum atomic E-state index is 12.9. The lowest BCUT2D eigenvalue weighted by molar-refractivity contribution is -0.0412. The van der Waals surface area contributed by atoms with Crippen LogP contribution in [0.4, 0.5) is 0 Å². The largest absolute Gasteiger partial charge is 0.414 e. The average molecular weight is 616 g/mol. The van der Waals surface area contributed by atoms with E-state index in [-0.39, 0.29) is 34.5 Å². The summed E-state index contributed by atoms with van der Waals surface area (Å²) in [5, 5.41) is 0.0521. The van der Waals surface area contributed by atoms with Crippen LogP contribution in [0.2, 0.25) is 36.3 Å². The third kappa shape index (κ3) is 8.86. The minimum Gasteiger partial charge on any atom is -0.414 e. The smallest absolute Gasteiger partial charge is 0.330 e. The Hall–Kier alpha value is -2.31. The highest BCUT2D eigenvalue weighted by Gasteiger charge is 2.46. The zero-order valence-corrected chi connectivity index (χ0v) is 28.9. The lowest BCUT2D eigenvalue weighted by Gasteiger charge is -2.40. The molecule has 0 amide bonds. The van der Waals surface area contributed by atoms with Crippen molar-refractivity contribution in [2.24, 2.45) is 0 Å². The predicted octanol–water partition coefficient (Wildman–Crippen LogP) is 5.31. The Labute approximate surface area is 252 Å². The molecule has 0 saturated carbocycles. The van der Waals surface area contributed by atoms with Gasteiger partial charge in [-0.15, -0.1) is 0 Å². The van der Waals surface area contributed by atoms with Crippen molar-refractivity contribution in [3.8, 4) is 11.8 Å². The predicted molar refractivity (Wildman–Crippen MR) is 171 cm³/mol. The molecular weight excluding hydrogens is 567 g/mol. The fourth-order valence-corrected chi connectivity index (χ4v) is 6.32. The summed E-state index contributed by atoms with van der Waals surface area (Å²) >= 11 is 0. The highest BCUT2D eigenvalue weighted by molar-refractivity contribution is 6.74. The molecule has 1 fully saturated rings. The molecule has 0 radical (unpaired) electrons. The molecule has 1 unspecified atom stereocenters. The van der Waals surface area contributed by atoms with E-state index in [0.717, 1.165) is 5.56 Å². The summed E-state index contributed by atoms with van der Waals surface area (Å²) in [7, 11) is -4.20. The maximum Gasteiger partial charge on any atom is 0.330 e. The van der Waals surface area contributed by atoms with Crippen molar-refractivity contribution in [2.45, 2.75) is 109 Å². The van der Waals surface area contributed by atoms with Crippen LogP contribution in [0, 0.1) is 11.8 Å². The fraction of sp³-hybridized carbons (Fsp3) is 0.613. The van der Waals surface area contributed by atoms with Crippen molar-refractivity contribution in [2.75, 3.05) is 13.2 Å². The molecule has 0 bridgehead atoms. The average Bonchev–Trinajstić information content (AvgIpc) is 3.26. The van der Waals surface area contributed by atoms with E-state index < -0.39 is 34.1 Å². The molecule has 1 aliphatic heterocycles. The number of ether oxygens (including phenoxy) is 1. The molecule has 3 rings (SSSR count). The molecular formula is C31H49N3O6Si2. The summed E-state index contributed by atoms with van der Waals surface area (Å²) < 4.78 is 21.2. The van der Waals surface area contributed by atoms with Crippen LogP contribution in [0.3, 0.4) is 0 Å². The Balaban J connectivity index is 1.77. The lowest BCUT2D eigenvalue weighted by atomic mass is 10.2. The van der Waals surface area contributed by atoms with Crippen LogP contribution < -0.4 is 16.7 Å². The second kappa shape index (κ2) is 13.6. The SMILES string of the molecule is CC(C)(C)[Si](C)(C)OC[C@H]1O[C@@H](n2cc(C#CCONCc3ccccc3)c(=O)[nH]c2=O)CC1O[Si](C)(C)C(C)(C)C. The molecule has 11 heteroatoms. The molecule has 1 aliphatic rings. The van der Waals surface area contributed by atoms with Crippen LogP contribution in [0.1, 0.15) is 65.3 Å². The molecule has 3 atom stereocenters. The van der Waals surface area contributed by atoms with Crippen molar-refractivity contribution < 1.29 is 18.4 Å². The lowest BCUT2D eigenvalue weighted by Crippen LogP contribution is -2.48. The number of aromatic nitrogens is 2. The Morgan fingerprint density at radius 1 is 1.02 bits per heavy atom. The van der Waals surface area contributed by atoms with Gasteiger partial charge in [0.05, 0.1) is 12.7 Å².